The van der Waals surface area contributed by atoms with Gasteiger partial charge in [0, 0.05) is 37.6 Å². The molecule has 0 saturated carbocycles. The van der Waals surface area contributed by atoms with Gasteiger partial charge in [-0.15, -0.1) is 0 Å². The lowest BCUT2D eigenvalue weighted by Crippen LogP contribution is -2.40. The van der Waals surface area contributed by atoms with Crippen molar-refractivity contribution in [1.82, 2.24) is 9.88 Å². The molecule has 7 heteroatoms. The molecule has 1 aliphatic heterocycles. The molecule has 2 aromatic rings. The van der Waals surface area contributed by atoms with Crippen molar-refractivity contribution < 1.29 is 14.3 Å². The topological polar surface area (TPSA) is 83.6 Å². The quantitative estimate of drug-likeness (QED) is 0.892. The Morgan fingerprint density at radius 2 is 1.84 bits per heavy atom. The van der Waals surface area contributed by atoms with Crippen LogP contribution in [0.25, 0.3) is 0 Å². The molecule has 1 aromatic carbocycles. The molecule has 1 aliphatic rings. The third-order valence-corrected chi connectivity index (χ3v) is 3.76. The van der Waals surface area contributed by atoms with Gasteiger partial charge >= 0.3 is 0 Å². The number of nitrogens with zero attached hydrogens (tertiary/aromatic N) is 2. The maximum Gasteiger partial charge on any atom is 0.255 e. The van der Waals surface area contributed by atoms with Gasteiger partial charge in [0.2, 0.25) is 5.91 Å². The van der Waals surface area contributed by atoms with Crippen molar-refractivity contribution in [3.8, 4) is 0 Å². The van der Waals surface area contributed by atoms with Gasteiger partial charge in [-0.3, -0.25) is 14.6 Å². The van der Waals surface area contributed by atoms with Crippen molar-refractivity contribution >= 4 is 28.9 Å². The number of ether oxygens (including phenoxy) is 1. The average Bonchev–Trinajstić information content (AvgIpc) is 2.62. The number of hydrogen-bond acceptors (Lipinski definition) is 5. The largest absolute Gasteiger partial charge is 0.378 e. The van der Waals surface area contributed by atoms with Gasteiger partial charge < -0.3 is 20.3 Å². The van der Waals surface area contributed by atoms with Crippen molar-refractivity contribution in [3.05, 3.63) is 48.3 Å². The minimum atomic E-state index is -0.128. The van der Waals surface area contributed by atoms with Crippen molar-refractivity contribution in [2.45, 2.75) is 6.92 Å². The van der Waals surface area contributed by atoms with Crippen LogP contribution >= 0.6 is 0 Å². The average molecular weight is 340 g/mol. The molecule has 0 radical (unpaired) electrons. The summed E-state index contributed by atoms with van der Waals surface area (Å²) in [6.45, 7) is 3.77. The van der Waals surface area contributed by atoms with Crippen LogP contribution in [0.1, 0.15) is 17.3 Å². The third-order valence-electron chi connectivity index (χ3n) is 3.76. The number of aromatic nitrogens is 1. The third kappa shape index (κ3) is 4.54. The summed E-state index contributed by atoms with van der Waals surface area (Å²) < 4.78 is 5.28. The van der Waals surface area contributed by atoms with Gasteiger partial charge in [0.1, 0.15) is 0 Å². The van der Waals surface area contributed by atoms with Crippen LogP contribution < -0.4 is 10.6 Å². The first-order chi connectivity index (χ1) is 12.1. The zero-order valence-corrected chi connectivity index (χ0v) is 14.0. The number of nitrogens with one attached hydrogen (secondary N) is 2. The fraction of sp³-hybridized carbons (Fsp3) is 0.278. The highest BCUT2D eigenvalue weighted by Gasteiger charge is 2.19. The van der Waals surface area contributed by atoms with Gasteiger partial charge in [0.25, 0.3) is 5.91 Å². The molecule has 2 N–H and O–H groups in total. The molecule has 0 spiro atoms. The number of rotatable bonds is 4. The zero-order valence-electron chi connectivity index (χ0n) is 14.0. The van der Waals surface area contributed by atoms with Gasteiger partial charge in [-0.05, 0) is 24.3 Å². The molecular formula is C18H20N4O3. The van der Waals surface area contributed by atoms with E-state index in [9.17, 15) is 9.59 Å². The minimum absolute atomic E-state index is 0.0496. The van der Waals surface area contributed by atoms with E-state index in [1.807, 2.05) is 24.3 Å². The van der Waals surface area contributed by atoms with Crippen molar-refractivity contribution in [2.75, 3.05) is 36.9 Å². The fourth-order valence-corrected chi connectivity index (χ4v) is 2.62. The van der Waals surface area contributed by atoms with E-state index in [1.54, 1.807) is 23.4 Å². The monoisotopic (exact) mass is 340 g/mol. The summed E-state index contributed by atoms with van der Waals surface area (Å²) >= 11 is 0. The molecule has 7 nitrogen and oxygen atoms in total. The Balaban J connectivity index is 1.73. The van der Waals surface area contributed by atoms with E-state index in [2.05, 4.69) is 15.6 Å². The van der Waals surface area contributed by atoms with Crippen LogP contribution in [-0.4, -0.2) is 48.0 Å². The molecule has 0 aliphatic carbocycles. The van der Waals surface area contributed by atoms with Crippen molar-refractivity contribution in [1.29, 1.82) is 0 Å². The summed E-state index contributed by atoms with van der Waals surface area (Å²) in [5.74, 6) is -0.177. The maximum absolute atomic E-state index is 12.5. The SMILES string of the molecule is CC(=O)Nc1cccc(Nc2cncc(C(=O)N3CCOCC3)c2)c1. The highest BCUT2D eigenvalue weighted by atomic mass is 16.5. The van der Waals surface area contributed by atoms with Gasteiger partial charge in [-0.2, -0.15) is 0 Å². The van der Waals surface area contributed by atoms with E-state index in [0.717, 1.165) is 5.69 Å². The lowest BCUT2D eigenvalue weighted by molar-refractivity contribution is -0.114. The van der Waals surface area contributed by atoms with Crippen LogP contribution in [0.3, 0.4) is 0 Å². The van der Waals surface area contributed by atoms with Crippen LogP contribution in [-0.2, 0) is 9.53 Å². The van der Waals surface area contributed by atoms with Crippen LogP contribution in [0.4, 0.5) is 17.1 Å². The number of morpholine rings is 1. The minimum Gasteiger partial charge on any atom is -0.378 e. The first kappa shape index (κ1) is 16.9. The number of amides is 2. The van der Waals surface area contributed by atoms with Crippen LogP contribution in [0.5, 0.6) is 0 Å². The lowest BCUT2D eigenvalue weighted by Gasteiger charge is -2.26. The van der Waals surface area contributed by atoms with Gasteiger partial charge in [0.15, 0.2) is 0 Å². The molecule has 2 amide bonds. The molecule has 1 aromatic heterocycles. The van der Waals surface area contributed by atoms with Gasteiger partial charge in [-0.1, -0.05) is 6.07 Å². The van der Waals surface area contributed by atoms with Gasteiger partial charge in [0.05, 0.1) is 30.7 Å². The van der Waals surface area contributed by atoms with Crippen LogP contribution in [0, 0.1) is 0 Å². The lowest BCUT2D eigenvalue weighted by atomic mass is 10.2. The molecular weight excluding hydrogens is 320 g/mol. The number of pyridine rings is 1. The summed E-state index contributed by atoms with van der Waals surface area (Å²) in [5, 5.41) is 5.94. The number of carbonyl (C=O) groups is 2. The molecule has 0 atom stereocenters. The van der Waals surface area contributed by atoms with Crippen LogP contribution in [0.2, 0.25) is 0 Å². The van der Waals surface area contributed by atoms with Gasteiger partial charge in [-0.25, -0.2) is 0 Å². The molecule has 1 fully saturated rings. The van der Waals surface area contributed by atoms with E-state index < -0.39 is 0 Å². The molecule has 0 bridgehead atoms. The van der Waals surface area contributed by atoms with Crippen LogP contribution in [0.15, 0.2) is 42.7 Å². The summed E-state index contributed by atoms with van der Waals surface area (Å²) in [7, 11) is 0. The van der Waals surface area contributed by atoms with E-state index in [0.29, 0.717) is 43.2 Å². The first-order valence-corrected chi connectivity index (χ1v) is 8.08. The summed E-state index contributed by atoms with van der Waals surface area (Å²) in [6, 6.07) is 9.11. The second-order valence-corrected chi connectivity index (χ2v) is 5.75. The smallest absolute Gasteiger partial charge is 0.255 e. The second-order valence-electron chi connectivity index (χ2n) is 5.75. The Morgan fingerprint density at radius 1 is 1.08 bits per heavy atom. The molecule has 2 heterocycles. The molecule has 0 unspecified atom stereocenters. The number of hydrogen-bond donors (Lipinski definition) is 2. The van der Waals surface area contributed by atoms with E-state index >= 15 is 0 Å². The molecule has 25 heavy (non-hydrogen) atoms. The predicted molar refractivity (Wildman–Crippen MR) is 95.0 cm³/mol. The standard InChI is InChI=1S/C18H20N4O3/c1-13(23)20-15-3-2-4-16(10-15)21-17-9-14(11-19-12-17)18(24)22-5-7-25-8-6-22/h2-4,9-12,21H,5-8H2,1H3,(H,20,23). The van der Waals surface area contributed by atoms with E-state index in [-0.39, 0.29) is 11.8 Å². The normalized spacial score (nSPS) is 14.0. The molecule has 1 saturated heterocycles. The van der Waals surface area contributed by atoms with Crippen molar-refractivity contribution in [2.24, 2.45) is 0 Å². The highest BCUT2D eigenvalue weighted by molar-refractivity contribution is 5.95. The predicted octanol–water partition coefficient (Wildman–Crippen LogP) is 2.26. The summed E-state index contributed by atoms with van der Waals surface area (Å²) in [4.78, 5) is 29.6. The Labute approximate surface area is 146 Å². The Morgan fingerprint density at radius 3 is 2.60 bits per heavy atom. The number of anilines is 3. The molecule has 130 valence electrons. The second kappa shape index (κ2) is 7.76. The fourth-order valence-electron chi connectivity index (χ4n) is 2.62. The summed E-state index contributed by atoms with van der Waals surface area (Å²) in [5.41, 5.74) is 2.74. The van der Waals surface area contributed by atoms with Crippen molar-refractivity contribution in [3.63, 3.8) is 0 Å². The van der Waals surface area contributed by atoms with E-state index in [4.69, 9.17) is 4.74 Å². The Bertz CT molecular complexity index is 772. The summed E-state index contributed by atoms with van der Waals surface area (Å²) in [6.07, 6.45) is 3.22. The number of benzene rings is 1. The zero-order chi connectivity index (χ0) is 17.6. The number of carbonyl (C=O) groups excluding carboxylic acids is 2. The maximum atomic E-state index is 12.5. The molecule has 3 rings (SSSR count). The Hall–Kier alpha value is -2.93. The van der Waals surface area contributed by atoms with E-state index in [1.165, 1.54) is 6.92 Å². The highest BCUT2D eigenvalue weighted by Crippen LogP contribution is 2.21. The first-order valence-electron chi connectivity index (χ1n) is 8.08. The Kier molecular flexibility index (Phi) is 5.25.